The molecule has 16 heavy (non-hydrogen) atoms. The predicted molar refractivity (Wildman–Crippen MR) is 66.0 cm³/mol. The van der Waals surface area contributed by atoms with Gasteiger partial charge in [-0.25, -0.2) is 3.96 Å². The summed E-state index contributed by atoms with van der Waals surface area (Å²) in [6.45, 7) is 0. The van der Waals surface area contributed by atoms with Crippen molar-refractivity contribution in [2.75, 3.05) is 0 Å². The number of hydrogen-bond donors (Lipinski definition) is 0. The Balaban J connectivity index is 2.05. The number of carbonyl (C=O) groups is 1. The van der Waals surface area contributed by atoms with E-state index in [4.69, 9.17) is 0 Å². The molecule has 1 heterocycles. The molecule has 2 nitrogen and oxygen atoms in total. The molecule has 3 heteroatoms. The number of hydrogen-bond acceptors (Lipinski definition) is 2. The van der Waals surface area contributed by atoms with Crippen LogP contribution in [0.1, 0.15) is 10.4 Å². The van der Waals surface area contributed by atoms with Crippen LogP contribution in [-0.2, 0) is 0 Å². The van der Waals surface area contributed by atoms with Gasteiger partial charge in [-0.2, -0.15) is 0 Å². The summed E-state index contributed by atoms with van der Waals surface area (Å²) in [4.78, 5) is 12.1. The largest absolute Gasteiger partial charge is 0.271 e. The van der Waals surface area contributed by atoms with E-state index >= 15 is 0 Å². The third kappa shape index (κ3) is 1.37. The van der Waals surface area contributed by atoms with E-state index in [9.17, 15) is 4.79 Å². The van der Waals surface area contributed by atoms with E-state index in [-0.39, 0.29) is 5.91 Å². The maximum atomic E-state index is 12.1. The van der Waals surface area contributed by atoms with Crippen molar-refractivity contribution in [1.82, 2.24) is 3.96 Å². The van der Waals surface area contributed by atoms with Crippen LogP contribution in [0.5, 0.6) is 0 Å². The second-order valence-electron chi connectivity index (χ2n) is 3.52. The van der Waals surface area contributed by atoms with E-state index < -0.39 is 0 Å². The number of aromatic nitrogens is 1. The SMILES string of the molecule is O=C(c1ccccc1)n1sc2ccccc21. The van der Waals surface area contributed by atoms with Crippen molar-refractivity contribution in [2.24, 2.45) is 0 Å². The highest BCUT2D eigenvalue weighted by atomic mass is 32.1. The van der Waals surface area contributed by atoms with Gasteiger partial charge >= 0.3 is 0 Å². The van der Waals surface area contributed by atoms with Crippen molar-refractivity contribution in [3.63, 3.8) is 0 Å². The number of rotatable bonds is 1. The predicted octanol–water partition coefficient (Wildman–Crippen LogP) is 3.39. The summed E-state index contributed by atoms with van der Waals surface area (Å²) in [6, 6.07) is 17.3. The second kappa shape index (κ2) is 3.61. The average molecular weight is 227 g/mol. The molecule has 3 aromatic rings. The highest BCUT2D eigenvalue weighted by Crippen LogP contribution is 2.25. The zero-order valence-corrected chi connectivity index (χ0v) is 9.28. The van der Waals surface area contributed by atoms with Crippen molar-refractivity contribution in [2.45, 2.75) is 0 Å². The van der Waals surface area contributed by atoms with Gasteiger partial charge in [-0.3, -0.25) is 4.79 Å². The number of nitrogens with zero attached hydrogens (tertiary/aromatic N) is 1. The molecule has 78 valence electrons. The molecule has 0 saturated carbocycles. The van der Waals surface area contributed by atoms with Crippen LogP contribution in [0.25, 0.3) is 10.2 Å². The lowest BCUT2D eigenvalue weighted by molar-refractivity contribution is 0.0975. The van der Waals surface area contributed by atoms with Crippen LogP contribution >= 0.6 is 11.5 Å². The Bertz CT molecular complexity index is 636. The van der Waals surface area contributed by atoms with E-state index in [1.807, 2.05) is 54.6 Å². The van der Waals surface area contributed by atoms with Gasteiger partial charge in [0.2, 0.25) is 0 Å². The molecule has 0 bridgehead atoms. The van der Waals surface area contributed by atoms with Crippen LogP contribution in [0.4, 0.5) is 0 Å². The van der Waals surface area contributed by atoms with Crippen molar-refractivity contribution < 1.29 is 4.79 Å². The normalized spacial score (nSPS) is 10.8. The van der Waals surface area contributed by atoms with Crippen molar-refractivity contribution in [3.8, 4) is 0 Å². The maximum Gasteiger partial charge on any atom is 0.271 e. The molecule has 0 atom stereocenters. The quantitative estimate of drug-likeness (QED) is 0.624. The first-order valence-corrected chi connectivity index (χ1v) is 5.80. The summed E-state index contributed by atoms with van der Waals surface area (Å²) in [5, 5.41) is 0. The molecule has 2 aromatic carbocycles. The van der Waals surface area contributed by atoms with Crippen molar-refractivity contribution in [1.29, 1.82) is 0 Å². The first-order chi connectivity index (χ1) is 7.86. The van der Waals surface area contributed by atoms with Gasteiger partial charge in [0.15, 0.2) is 0 Å². The minimum absolute atomic E-state index is 0.0456. The third-order valence-electron chi connectivity index (χ3n) is 2.48. The van der Waals surface area contributed by atoms with Crippen LogP contribution in [0.3, 0.4) is 0 Å². The molecule has 0 aliphatic carbocycles. The fraction of sp³-hybridized carbons (Fsp3) is 0. The molecule has 0 spiro atoms. The topological polar surface area (TPSA) is 22.0 Å². The third-order valence-corrected chi connectivity index (χ3v) is 3.57. The fourth-order valence-electron chi connectivity index (χ4n) is 1.66. The Morgan fingerprint density at radius 2 is 1.62 bits per heavy atom. The summed E-state index contributed by atoms with van der Waals surface area (Å²) >= 11 is 1.49. The van der Waals surface area contributed by atoms with E-state index in [0.29, 0.717) is 0 Å². The van der Waals surface area contributed by atoms with Crippen molar-refractivity contribution in [3.05, 3.63) is 60.2 Å². The van der Waals surface area contributed by atoms with Gasteiger partial charge < -0.3 is 0 Å². The molecule has 0 fully saturated rings. The molecule has 0 amide bonds. The van der Waals surface area contributed by atoms with Gasteiger partial charge in [-0.05, 0) is 35.8 Å². The lowest BCUT2D eigenvalue weighted by Gasteiger charge is -2.12. The monoisotopic (exact) mass is 227 g/mol. The molecule has 0 radical (unpaired) electrons. The summed E-state index contributed by atoms with van der Waals surface area (Å²) in [5.74, 6) is 0.0456. The fourth-order valence-corrected chi connectivity index (χ4v) is 2.56. The lowest BCUT2D eigenvalue weighted by atomic mass is 10.2. The van der Waals surface area contributed by atoms with Gasteiger partial charge in [0.1, 0.15) is 0 Å². The summed E-state index contributed by atoms with van der Waals surface area (Å²) in [7, 11) is 0. The highest BCUT2D eigenvalue weighted by molar-refractivity contribution is 7.17. The standard InChI is InChI=1S/C13H9NOS/c15-13(10-6-2-1-3-7-10)14-11-8-4-5-9-12(11)16-14/h1-9H. The Labute approximate surface area is 96.9 Å². The highest BCUT2D eigenvalue weighted by Gasteiger charge is 2.14. The summed E-state index contributed by atoms with van der Waals surface area (Å²) in [6.07, 6.45) is 0. The average Bonchev–Trinajstić information content (AvgIpc) is 2.32. The molecular weight excluding hydrogens is 218 g/mol. The number of benzene rings is 2. The Kier molecular flexibility index (Phi) is 2.11. The second-order valence-corrected chi connectivity index (χ2v) is 4.51. The number of fused-ring (bicyclic) bond motifs is 1. The van der Waals surface area contributed by atoms with E-state index in [1.165, 1.54) is 11.5 Å². The minimum Gasteiger partial charge on any atom is -0.267 e. The van der Waals surface area contributed by atoms with Crippen LogP contribution < -0.4 is 0 Å². The maximum absolute atomic E-state index is 12.1. The molecule has 0 aliphatic heterocycles. The smallest absolute Gasteiger partial charge is 0.267 e. The van der Waals surface area contributed by atoms with Gasteiger partial charge in [-0.15, -0.1) is 0 Å². The van der Waals surface area contributed by atoms with E-state index in [0.717, 1.165) is 15.8 Å². The van der Waals surface area contributed by atoms with Crippen LogP contribution in [-0.4, -0.2) is 9.86 Å². The molecular formula is C13H9NOS. The summed E-state index contributed by atoms with van der Waals surface area (Å²) in [5.41, 5.74) is 1.73. The zero-order valence-electron chi connectivity index (χ0n) is 8.46. The lowest BCUT2D eigenvalue weighted by Crippen LogP contribution is -2.12. The molecule has 1 aromatic heterocycles. The Morgan fingerprint density at radius 1 is 0.938 bits per heavy atom. The summed E-state index contributed by atoms with van der Waals surface area (Å²) < 4.78 is 2.89. The van der Waals surface area contributed by atoms with Gasteiger partial charge in [0.25, 0.3) is 5.91 Å². The van der Waals surface area contributed by atoms with Crippen LogP contribution in [0.15, 0.2) is 54.6 Å². The molecule has 0 N–H and O–H groups in total. The molecule has 0 saturated heterocycles. The first kappa shape index (κ1) is 9.36. The van der Waals surface area contributed by atoms with E-state index in [1.54, 1.807) is 3.96 Å². The van der Waals surface area contributed by atoms with E-state index in [2.05, 4.69) is 0 Å². The zero-order chi connectivity index (χ0) is 11.0. The first-order valence-electron chi connectivity index (χ1n) is 5.03. The molecule has 0 unspecified atom stereocenters. The van der Waals surface area contributed by atoms with Gasteiger partial charge in [0.05, 0.1) is 10.2 Å². The Morgan fingerprint density at radius 3 is 2.38 bits per heavy atom. The van der Waals surface area contributed by atoms with Crippen LogP contribution in [0, 0.1) is 0 Å². The van der Waals surface area contributed by atoms with Crippen LogP contribution in [0.2, 0.25) is 0 Å². The van der Waals surface area contributed by atoms with Crippen molar-refractivity contribution >= 4 is 27.7 Å². The Hall–Kier alpha value is -1.87. The number of carbonyl (C=O) groups excluding carboxylic acids is 1. The van der Waals surface area contributed by atoms with Gasteiger partial charge in [-0.1, -0.05) is 30.3 Å². The van der Waals surface area contributed by atoms with Gasteiger partial charge in [0, 0.05) is 5.56 Å². The molecule has 0 aliphatic rings. The minimum atomic E-state index is 0.0456. The number of para-hydroxylation sites is 1. The molecule has 3 rings (SSSR count).